The zero-order chi connectivity index (χ0) is 23.7. The summed E-state index contributed by atoms with van der Waals surface area (Å²) in [5.74, 6) is 0.278. The van der Waals surface area contributed by atoms with Crippen LogP contribution < -0.4 is 10.0 Å². The number of nitrogens with zero attached hydrogens (tertiary/aromatic N) is 2. The molecule has 2 aromatic carbocycles. The van der Waals surface area contributed by atoms with Gasteiger partial charge in [-0.3, -0.25) is 9.27 Å². The summed E-state index contributed by atoms with van der Waals surface area (Å²) in [6.07, 6.45) is 2.97. The van der Waals surface area contributed by atoms with Crippen molar-refractivity contribution in [2.75, 3.05) is 10.0 Å². The molecule has 5 rings (SSSR count). The summed E-state index contributed by atoms with van der Waals surface area (Å²) >= 11 is 3.15. The van der Waals surface area contributed by atoms with Crippen LogP contribution in [-0.4, -0.2) is 22.9 Å². The highest BCUT2D eigenvalue weighted by Crippen LogP contribution is 2.42. The number of nitrogens with one attached hydrogen (secondary N) is 2. The van der Waals surface area contributed by atoms with Crippen LogP contribution in [0.1, 0.15) is 41.1 Å². The lowest BCUT2D eigenvalue weighted by Crippen LogP contribution is -2.14. The second-order valence-corrected chi connectivity index (χ2v) is 11.0. The molecule has 0 aliphatic heterocycles. The lowest BCUT2D eigenvalue weighted by Gasteiger charge is -2.17. The molecule has 3 N–H and O–H groups in total. The van der Waals surface area contributed by atoms with Crippen molar-refractivity contribution >= 4 is 43.8 Å². The Bertz CT molecular complexity index is 1380. The molecule has 1 saturated carbocycles. The van der Waals surface area contributed by atoms with Gasteiger partial charge in [-0.25, -0.2) is 14.4 Å². The lowest BCUT2D eigenvalue weighted by atomic mass is 10.0. The van der Waals surface area contributed by atoms with Gasteiger partial charge in [0.25, 0.3) is 0 Å². The molecule has 0 radical (unpaired) electrons. The smallest absolute Gasteiger partial charge is 0.353 e. The van der Waals surface area contributed by atoms with Gasteiger partial charge in [0, 0.05) is 22.2 Å². The normalized spacial score (nSPS) is 14.6. The zero-order valence-electron chi connectivity index (χ0n) is 17.8. The van der Waals surface area contributed by atoms with Gasteiger partial charge < -0.3 is 5.32 Å². The summed E-state index contributed by atoms with van der Waals surface area (Å²) in [7, 11) is -4.32. The van der Waals surface area contributed by atoms with Gasteiger partial charge in [-0.05, 0) is 61.2 Å². The third-order valence-corrected chi connectivity index (χ3v) is 7.70. The van der Waals surface area contributed by atoms with Crippen LogP contribution in [0.5, 0.6) is 0 Å². The maximum atomic E-state index is 13.3. The largest absolute Gasteiger partial charge is 0.357 e. The van der Waals surface area contributed by atoms with Crippen molar-refractivity contribution < 1.29 is 17.4 Å². The minimum absolute atomic E-state index is 0.142. The Balaban J connectivity index is 1.37. The predicted octanol–water partition coefficient (Wildman–Crippen LogP) is 5.89. The van der Waals surface area contributed by atoms with E-state index in [1.54, 1.807) is 35.6 Å². The number of anilines is 2. The molecule has 34 heavy (non-hydrogen) atoms. The Hall–Kier alpha value is -2.86. The van der Waals surface area contributed by atoms with Crippen LogP contribution in [0.4, 0.5) is 15.2 Å². The molecule has 0 unspecified atom stereocenters. The van der Waals surface area contributed by atoms with Crippen LogP contribution in [0.15, 0.2) is 59.3 Å². The molecule has 1 aliphatic carbocycles. The van der Waals surface area contributed by atoms with E-state index in [9.17, 15) is 12.8 Å². The van der Waals surface area contributed by atoms with E-state index in [1.807, 2.05) is 22.2 Å². The fraction of sp³-hybridized carbons (Fsp3) is 0.217. The summed E-state index contributed by atoms with van der Waals surface area (Å²) in [6.45, 7) is 0. The van der Waals surface area contributed by atoms with E-state index in [0.717, 1.165) is 32.7 Å². The van der Waals surface area contributed by atoms with E-state index >= 15 is 0 Å². The Kier molecular flexibility index (Phi) is 6.34. The second kappa shape index (κ2) is 9.41. The van der Waals surface area contributed by atoms with E-state index < -0.39 is 10.3 Å². The minimum Gasteiger partial charge on any atom is -0.353 e. The zero-order valence-corrected chi connectivity index (χ0v) is 20.3. The highest BCUT2D eigenvalue weighted by Gasteiger charge is 2.28. The van der Waals surface area contributed by atoms with E-state index in [-0.39, 0.29) is 17.5 Å². The SMILES string of the molecule is O=S(=O)(O)Nc1ccc(C[C@H](Nc2nc(-c3ccc(F)cc3)cs2)c2csc(C3CC3)n2)cc1. The van der Waals surface area contributed by atoms with E-state index in [1.165, 1.54) is 36.3 Å². The van der Waals surface area contributed by atoms with Gasteiger partial charge in [0.05, 0.1) is 28.1 Å². The average molecular weight is 517 g/mol. The molecule has 4 aromatic rings. The van der Waals surface area contributed by atoms with Crippen molar-refractivity contribution in [3.63, 3.8) is 0 Å². The van der Waals surface area contributed by atoms with Gasteiger partial charge in [-0.1, -0.05) is 12.1 Å². The second-order valence-electron chi connectivity index (χ2n) is 8.10. The topological polar surface area (TPSA) is 104 Å². The number of hydrogen-bond donors (Lipinski definition) is 3. The van der Waals surface area contributed by atoms with E-state index in [2.05, 4.69) is 15.7 Å². The van der Waals surface area contributed by atoms with Gasteiger partial charge in [0.2, 0.25) is 0 Å². The van der Waals surface area contributed by atoms with Crippen LogP contribution in [-0.2, 0) is 16.7 Å². The Labute approximate surface area is 204 Å². The molecule has 1 atom stereocenters. The van der Waals surface area contributed by atoms with Crippen molar-refractivity contribution in [2.24, 2.45) is 0 Å². The number of aromatic nitrogens is 2. The monoisotopic (exact) mass is 516 g/mol. The quantitative estimate of drug-likeness (QED) is 0.240. The molecular weight excluding hydrogens is 495 g/mol. The Morgan fingerprint density at radius 1 is 1.03 bits per heavy atom. The summed E-state index contributed by atoms with van der Waals surface area (Å²) in [5, 5.41) is 9.39. The van der Waals surface area contributed by atoms with Crippen molar-refractivity contribution in [1.29, 1.82) is 0 Å². The first kappa shape index (κ1) is 22.9. The Morgan fingerprint density at radius 3 is 2.44 bits per heavy atom. The van der Waals surface area contributed by atoms with E-state index in [0.29, 0.717) is 12.3 Å². The first-order valence-electron chi connectivity index (χ1n) is 10.6. The number of hydrogen-bond acceptors (Lipinski definition) is 7. The number of benzene rings is 2. The first-order valence-corrected chi connectivity index (χ1v) is 13.8. The average Bonchev–Trinajstić information content (AvgIpc) is 3.34. The molecule has 0 saturated heterocycles. The molecule has 2 aromatic heterocycles. The molecule has 0 bridgehead atoms. The summed E-state index contributed by atoms with van der Waals surface area (Å²) in [5.41, 5.74) is 3.79. The predicted molar refractivity (Wildman–Crippen MR) is 133 cm³/mol. The van der Waals surface area contributed by atoms with Crippen LogP contribution in [0.2, 0.25) is 0 Å². The highest BCUT2D eigenvalue weighted by atomic mass is 32.2. The van der Waals surface area contributed by atoms with Gasteiger partial charge in [-0.15, -0.1) is 22.7 Å². The Morgan fingerprint density at radius 2 is 1.76 bits per heavy atom. The fourth-order valence-electron chi connectivity index (χ4n) is 3.54. The van der Waals surface area contributed by atoms with Crippen LogP contribution in [0, 0.1) is 5.82 Å². The molecular formula is C23H21FN4O3S3. The van der Waals surface area contributed by atoms with Crippen molar-refractivity contribution in [3.8, 4) is 11.3 Å². The number of halogens is 1. The van der Waals surface area contributed by atoms with Crippen molar-refractivity contribution in [2.45, 2.75) is 31.2 Å². The third kappa shape index (κ3) is 5.79. The van der Waals surface area contributed by atoms with Crippen molar-refractivity contribution in [1.82, 2.24) is 9.97 Å². The molecule has 176 valence electrons. The van der Waals surface area contributed by atoms with Gasteiger partial charge in [0.1, 0.15) is 5.82 Å². The van der Waals surface area contributed by atoms with Crippen LogP contribution >= 0.6 is 22.7 Å². The third-order valence-electron chi connectivity index (χ3n) is 5.41. The molecule has 2 heterocycles. The molecule has 1 aliphatic rings. The lowest BCUT2D eigenvalue weighted by molar-refractivity contribution is 0.489. The van der Waals surface area contributed by atoms with Crippen molar-refractivity contribution in [3.05, 3.63) is 81.4 Å². The number of rotatable bonds is 9. The molecule has 0 amide bonds. The molecule has 0 spiro atoms. The van der Waals surface area contributed by atoms with E-state index in [4.69, 9.17) is 9.54 Å². The van der Waals surface area contributed by atoms with Crippen LogP contribution in [0.3, 0.4) is 0 Å². The van der Waals surface area contributed by atoms with Gasteiger partial charge in [-0.2, -0.15) is 8.42 Å². The first-order chi connectivity index (χ1) is 16.3. The van der Waals surface area contributed by atoms with Gasteiger partial charge >= 0.3 is 10.3 Å². The van der Waals surface area contributed by atoms with Gasteiger partial charge in [0.15, 0.2) is 5.13 Å². The summed E-state index contributed by atoms with van der Waals surface area (Å²) in [6, 6.07) is 12.9. The highest BCUT2D eigenvalue weighted by molar-refractivity contribution is 7.87. The fourth-order valence-corrected chi connectivity index (χ4v) is 5.80. The molecule has 11 heteroatoms. The maximum absolute atomic E-state index is 13.3. The minimum atomic E-state index is -4.32. The summed E-state index contributed by atoms with van der Waals surface area (Å²) < 4.78 is 46.4. The molecule has 1 fully saturated rings. The standard InChI is InChI=1S/C23H21FN4O3S3/c24-17-7-5-15(6-8-17)20-12-33-23(27-20)26-19(21-13-32-22(25-21)16-3-4-16)11-14-1-9-18(10-2-14)28-34(29,30)31/h1-2,5-10,12-13,16,19,28H,3-4,11H2,(H,26,27)(H,29,30,31)/t19-/m0/s1. The number of thiazole rings is 2. The van der Waals surface area contributed by atoms with Crippen LogP contribution in [0.25, 0.3) is 11.3 Å². The summed E-state index contributed by atoms with van der Waals surface area (Å²) in [4.78, 5) is 9.55. The molecule has 7 nitrogen and oxygen atoms in total. The maximum Gasteiger partial charge on any atom is 0.357 e.